The molecule has 0 atom stereocenters. The Labute approximate surface area is 182 Å². The van der Waals surface area contributed by atoms with E-state index in [0.29, 0.717) is 17.1 Å². The molecule has 0 unspecified atom stereocenters. The van der Waals surface area contributed by atoms with Crippen LogP contribution in [0.1, 0.15) is 10.5 Å². The van der Waals surface area contributed by atoms with Crippen molar-refractivity contribution in [1.82, 2.24) is 23.9 Å². The van der Waals surface area contributed by atoms with Gasteiger partial charge in [-0.1, -0.05) is 18.2 Å². The number of carboxylic acid groups (broad SMARTS) is 1. The number of carbonyl (C=O) groups is 1. The standard InChI is InChI=1S/C21H13N5O5S/c27-19-15-7-16(20(28)29)22-8-17(15)23-9-26(19)10-31-14-4-3-11-5-13(2-1-12(11)6-14)18-24-21(30)32-25-18/h1-9H,10H2,(H,28,29)(H,24,25,30). The Morgan fingerprint density at radius 3 is 2.69 bits per heavy atom. The highest BCUT2D eigenvalue weighted by Gasteiger charge is 2.11. The summed E-state index contributed by atoms with van der Waals surface area (Å²) < 4.78 is 11.1. The van der Waals surface area contributed by atoms with Crippen LogP contribution in [0.4, 0.5) is 0 Å². The quantitative estimate of drug-likeness (QED) is 0.419. The molecule has 0 fully saturated rings. The average Bonchev–Trinajstić information content (AvgIpc) is 3.24. The third-order valence-corrected chi connectivity index (χ3v) is 5.37. The van der Waals surface area contributed by atoms with E-state index in [2.05, 4.69) is 19.3 Å². The Morgan fingerprint density at radius 1 is 1.09 bits per heavy atom. The van der Waals surface area contributed by atoms with E-state index in [9.17, 15) is 14.4 Å². The van der Waals surface area contributed by atoms with Gasteiger partial charge in [-0.2, -0.15) is 4.37 Å². The van der Waals surface area contributed by atoms with Crippen LogP contribution in [0.25, 0.3) is 33.1 Å². The van der Waals surface area contributed by atoms with Crippen molar-refractivity contribution in [2.24, 2.45) is 0 Å². The van der Waals surface area contributed by atoms with Crippen molar-refractivity contribution in [3.8, 4) is 17.1 Å². The fourth-order valence-electron chi connectivity index (χ4n) is 3.23. The number of fused-ring (bicyclic) bond motifs is 2. The summed E-state index contributed by atoms with van der Waals surface area (Å²) >= 11 is 0.869. The molecule has 0 radical (unpaired) electrons. The van der Waals surface area contributed by atoms with Gasteiger partial charge in [-0.25, -0.2) is 14.8 Å². The van der Waals surface area contributed by atoms with Crippen LogP contribution in [0.3, 0.4) is 0 Å². The Bertz CT molecular complexity index is 1620. The Hall–Kier alpha value is -4.38. The molecule has 0 spiro atoms. The lowest BCUT2D eigenvalue weighted by Gasteiger charge is -2.10. The van der Waals surface area contributed by atoms with E-state index >= 15 is 0 Å². The highest BCUT2D eigenvalue weighted by Crippen LogP contribution is 2.25. The number of hydrogen-bond donors (Lipinski definition) is 2. The van der Waals surface area contributed by atoms with E-state index < -0.39 is 11.5 Å². The number of H-pyrrole nitrogens is 1. The normalized spacial score (nSPS) is 11.1. The number of benzene rings is 2. The summed E-state index contributed by atoms with van der Waals surface area (Å²) in [6.07, 6.45) is 2.58. The van der Waals surface area contributed by atoms with Gasteiger partial charge in [0.25, 0.3) is 5.56 Å². The highest BCUT2D eigenvalue weighted by atomic mass is 32.1. The van der Waals surface area contributed by atoms with Gasteiger partial charge in [-0.15, -0.1) is 0 Å². The molecule has 0 aliphatic carbocycles. The minimum Gasteiger partial charge on any atom is -0.477 e. The molecule has 3 heterocycles. The van der Waals surface area contributed by atoms with Crippen LogP contribution >= 0.6 is 11.5 Å². The van der Waals surface area contributed by atoms with Crippen molar-refractivity contribution >= 4 is 39.2 Å². The molecule has 5 aromatic rings. The first-order valence-electron chi connectivity index (χ1n) is 9.29. The molecule has 32 heavy (non-hydrogen) atoms. The number of aromatic carboxylic acids is 1. The topological polar surface area (TPSA) is 140 Å². The van der Waals surface area contributed by atoms with E-state index in [1.54, 1.807) is 6.07 Å². The molecule has 0 amide bonds. The molecule has 0 saturated carbocycles. The van der Waals surface area contributed by atoms with Gasteiger partial charge < -0.3 is 9.84 Å². The molecule has 0 saturated heterocycles. The number of carboxylic acids is 1. The SMILES string of the molecule is O=C(O)c1cc2c(=O)n(COc3ccc4cc(-c5nsc(=O)[nH]5)ccc4c3)cnc2cn1. The smallest absolute Gasteiger partial charge is 0.354 e. The Balaban J connectivity index is 1.40. The Morgan fingerprint density at radius 2 is 1.91 bits per heavy atom. The lowest BCUT2D eigenvalue weighted by molar-refractivity contribution is 0.0690. The zero-order valence-electron chi connectivity index (χ0n) is 16.2. The zero-order chi connectivity index (χ0) is 22.2. The maximum Gasteiger partial charge on any atom is 0.354 e. The van der Waals surface area contributed by atoms with Gasteiger partial charge in [0.15, 0.2) is 12.6 Å². The molecule has 5 rings (SSSR count). The van der Waals surface area contributed by atoms with Crippen LogP contribution < -0.4 is 15.2 Å². The van der Waals surface area contributed by atoms with E-state index in [1.807, 2.05) is 30.3 Å². The number of pyridine rings is 1. The number of nitrogens with one attached hydrogen (secondary N) is 1. The van der Waals surface area contributed by atoms with E-state index in [-0.39, 0.29) is 22.7 Å². The molecule has 0 aliphatic heterocycles. The minimum absolute atomic E-state index is 0.101. The summed E-state index contributed by atoms with van der Waals surface area (Å²) in [5.41, 5.74) is 0.445. The fraction of sp³-hybridized carbons (Fsp3) is 0.0476. The maximum absolute atomic E-state index is 12.7. The molecule has 0 aliphatic rings. The summed E-state index contributed by atoms with van der Waals surface area (Å²) in [6, 6.07) is 12.3. The summed E-state index contributed by atoms with van der Waals surface area (Å²) in [5, 5.41) is 11.1. The molecule has 0 bridgehead atoms. The molecule has 3 aromatic heterocycles. The van der Waals surface area contributed by atoms with Crippen LogP contribution in [0.15, 0.2) is 64.6 Å². The fourth-order valence-corrected chi connectivity index (χ4v) is 3.70. The molecule has 11 heteroatoms. The first-order valence-corrected chi connectivity index (χ1v) is 10.1. The molecule has 2 aromatic carbocycles. The second-order valence-electron chi connectivity index (χ2n) is 6.85. The number of nitrogens with zero attached hydrogens (tertiary/aromatic N) is 4. The van der Waals surface area contributed by atoms with Gasteiger partial charge in [0, 0.05) is 17.1 Å². The van der Waals surface area contributed by atoms with Crippen LogP contribution in [0.2, 0.25) is 0 Å². The number of rotatable bonds is 5. The van der Waals surface area contributed by atoms with Crippen molar-refractivity contribution in [2.75, 3.05) is 0 Å². The van der Waals surface area contributed by atoms with Crippen molar-refractivity contribution in [1.29, 1.82) is 0 Å². The zero-order valence-corrected chi connectivity index (χ0v) is 17.0. The van der Waals surface area contributed by atoms with Gasteiger partial charge in [-0.05, 0) is 35.0 Å². The van der Waals surface area contributed by atoms with Gasteiger partial charge in [0.1, 0.15) is 17.8 Å². The monoisotopic (exact) mass is 447 g/mol. The van der Waals surface area contributed by atoms with Gasteiger partial charge in [0.2, 0.25) is 0 Å². The molecule has 158 valence electrons. The summed E-state index contributed by atoms with van der Waals surface area (Å²) in [6.45, 7) is -0.101. The Kier molecular flexibility index (Phi) is 4.71. The molecular formula is C21H13N5O5S. The number of aromatic amines is 1. The third kappa shape index (κ3) is 3.61. The van der Waals surface area contributed by atoms with Gasteiger partial charge >= 0.3 is 10.8 Å². The first-order chi connectivity index (χ1) is 15.5. The van der Waals surface area contributed by atoms with E-state index in [1.165, 1.54) is 23.2 Å². The summed E-state index contributed by atoms with van der Waals surface area (Å²) in [4.78, 5) is 45.5. The second-order valence-corrected chi connectivity index (χ2v) is 7.59. The van der Waals surface area contributed by atoms with E-state index in [4.69, 9.17) is 9.84 Å². The van der Waals surface area contributed by atoms with Crippen LogP contribution in [0, 0.1) is 0 Å². The predicted molar refractivity (Wildman–Crippen MR) is 117 cm³/mol. The highest BCUT2D eigenvalue weighted by molar-refractivity contribution is 7.03. The van der Waals surface area contributed by atoms with Crippen LogP contribution in [-0.2, 0) is 6.73 Å². The minimum atomic E-state index is -1.22. The summed E-state index contributed by atoms with van der Waals surface area (Å²) in [7, 11) is 0. The summed E-state index contributed by atoms with van der Waals surface area (Å²) in [5.74, 6) is -0.162. The number of hydrogen-bond acceptors (Lipinski definition) is 8. The lowest BCUT2D eigenvalue weighted by Crippen LogP contribution is -2.23. The number of aromatic nitrogens is 5. The molecule has 2 N–H and O–H groups in total. The maximum atomic E-state index is 12.7. The van der Waals surface area contributed by atoms with Crippen molar-refractivity contribution in [2.45, 2.75) is 6.73 Å². The van der Waals surface area contributed by atoms with Gasteiger partial charge in [-0.3, -0.25) is 19.1 Å². The lowest BCUT2D eigenvalue weighted by atomic mass is 10.1. The largest absolute Gasteiger partial charge is 0.477 e. The van der Waals surface area contributed by atoms with Gasteiger partial charge in [0.05, 0.1) is 17.1 Å². The van der Waals surface area contributed by atoms with E-state index in [0.717, 1.165) is 27.9 Å². The second kappa shape index (κ2) is 7.71. The third-order valence-electron chi connectivity index (χ3n) is 4.83. The molecule has 10 nitrogen and oxygen atoms in total. The molecular weight excluding hydrogens is 434 g/mol. The average molecular weight is 447 g/mol. The van der Waals surface area contributed by atoms with Crippen LogP contribution in [-0.4, -0.2) is 35.0 Å². The van der Waals surface area contributed by atoms with Crippen molar-refractivity contribution in [3.63, 3.8) is 0 Å². The van der Waals surface area contributed by atoms with Crippen molar-refractivity contribution < 1.29 is 14.6 Å². The number of ether oxygens (including phenoxy) is 1. The van der Waals surface area contributed by atoms with Crippen LogP contribution in [0.5, 0.6) is 5.75 Å². The predicted octanol–water partition coefficient (Wildman–Crippen LogP) is 2.49. The van der Waals surface area contributed by atoms with Crippen molar-refractivity contribution in [3.05, 3.63) is 80.7 Å². The first kappa shape index (κ1) is 19.6.